The van der Waals surface area contributed by atoms with E-state index in [1.807, 2.05) is 43.4 Å². The Balaban J connectivity index is 2.86. The smallest absolute Gasteiger partial charge is 0.126 e. The summed E-state index contributed by atoms with van der Waals surface area (Å²) in [5.41, 5.74) is 2.92. The third kappa shape index (κ3) is 3.50. The van der Waals surface area contributed by atoms with E-state index in [2.05, 4.69) is 6.58 Å². The van der Waals surface area contributed by atoms with Crippen LogP contribution in [-0.2, 0) is 6.42 Å². The average molecular weight is 216 g/mol. The summed E-state index contributed by atoms with van der Waals surface area (Å²) in [7, 11) is 0. The zero-order valence-electron chi connectivity index (χ0n) is 9.83. The van der Waals surface area contributed by atoms with E-state index >= 15 is 0 Å². The SMILES string of the molecule is C=C/C(=C/C=C\C)Cc1ccc(F)c(C)c1. The zero-order valence-corrected chi connectivity index (χ0v) is 9.83. The lowest BCUT2D eigenvalue weighted by Crippen LogP contribution is -1.90. The van der Waals surface area contributed by atoms with Crippen molar-refractivity contribution in [3.63, 3.8) is 0 Å². The maximum absolute atomic E-state index is 13.1. The fourth-order valence-corrected chi connectivity index (χ4v) is 1.47. The van der Waals surface area contributed by atoms with Crippen LogP contribution in [0.15, 0.2) is 54.7 Å². The molecule has 1 aromatic rings. The Morgan fingerprint density at radius 1 is 1.44 bits per heavy atom. The molecule has 0 spiro atoms. The second-order valence-electron chi connectivity index (χ2n) is 3.73. The number of halogens is 1. The van der Waals surface area contributed by atoms with E-state index in [-0.39, 0.29) is 5.82 Å². The van der Waals surface area contributed by atoms with E-state index in [1.54, 1.807) is 6.92 Å². The summed E-state index contributed by atoms with van der Waals surface area (Å²) in [5.74, 6) is -0.152. The van der Waals surface area contributed by atoms with Gasteiger partial charge < -0.3 is 0 Å². The molecule has 0 bridgehead atoms. The minimum Gasteiger partial charge on any atom is -0.207 e. The quantitative estimate of drug-likeness (QED) is 0.656. The first-order valence-corrected chi connectivity index (χ1v) is 5.36. The maximum atomic E-state index is 13.1. The molecule has 0 aliphatic carbocycles. The summed E-state index contributed by atoms with van der Waals surface area (Å²) in [6.07, 6.45) is 8.59. The molecule has 1 rings (SSSR count). The van der Waals surface area contributed by atoms with E-state index in [0.717, 1.165) is 17.6 Å². The Kier molecular flexibility index (Phi) is 4.71. The van der Waals surface area contributed by atoms with Crippen molar-refractivity contribution in [2.45, 2.75) is 20.3 Å². The summed E-state index contributed by atoms with van der Waals surface area (Å²) in [6, 6.07) is 5.21. The predicted molar refractivity (Wildman–Crippen MR) is 67.9 cm³/mol. The van der Waals surface area contributed by atoms with E-state index in [9.17, 15) is 4.39 Å². The molecule has 0 amide bonds. The van der Waals surface area contributed by atoms with Crippen LogP contribution in [0.5, 0.6) is 0 Å². The van der Waals surface area contributed by atoms with E-state index in [1.165, 1.54) is 6.07 Å². The van der Waals surface area contributed by atoms with Gasteiger partial charge in [-0.1, -0.05) is 43.0 Å². The molecule has 84 valence electrons. The molecule has 0 saturated carbocycles. The molecule has 1 heteroatoms. The van der Waals surface area contributed by atoms with Gasteiger partial charge in [0.15, 0.2) is 0 Å². The molecule has 0 radical (unpaired) electrons. The largest absolute Gasteiger partial charge is 0.207 e. The number of benzene rings is 1. The predicted octanol–water partition coefficient (Wildman–Crippen LogP) is 4.37. The van der Waals surface area contributed by atoms with Crippen molar-refractivity contribution in [1.29, 1.82) is 0 Å². The summed E-state index contributed by atoms with van der Waals surface area (Å²) < 4.78 is 13.1. The second kappa shape index (κ2) is 6.06. The van der Waals surface area contributed by atoms with E-state index < -0.39 is 0 Å². The van der Waals surface area contributed by atoms with E-state index in [4.69, 9.17) is 0 Å². The molecule has 0 aliphatic heterocycles. The van der Waals surface area contributed by atoms with Crippen molar-refractivity contribution in [1.82, 2.24) is 0 Å². The molecule has 0 aromatic heterocycles. The Bertz CT molecular complexity index is 425. The van der Waals surface area contributed by atoms with Gasteiger partial charge in [0.05, 0.1) is 0 Å². The summed E-state index contributed by atoms with van der Waals surface area (Å²) in [4.78, 5) is 0. The van der Waals surface area contributed by atoms with Crippen molar-refractivity contribution in [2.75, 3.05) is 0 Å². The first-order chi connectivity index (χ1) is 7.67. The number of allylic oxidation sites excluding steroid dienone is 5. The zero-order chi connectivity index (χ0) is 12.0. The van der Waals surface area contributed by atoms with Gasteiger partial charge in [-0.05, 0) is 43.0 Å². The standard InChI is InChI=1S/C15H17F/c1-4-6-7-13(5-2)11-14-8-9-15(16)12(3)10-14/h4-10H,2,11H2,1,3H3/b6-4-,13-7-. The first-order valence-electron chi connectivity index (χ1n) is 5.36. The summed E-state index contributed by atoms with van der Waals surface area (Å²) >= 11 is 0. The van der Waals surface area contributed by atoms with Crippen LogP contribution >= 0.6 is 0 Å². The van der Waals surface area contributed by atoms with Gasteiger partial charge in [0.2, 0.25) is 0 Å². The lowest BCUT2D eigenvalue weighted by Gasteiger charge is -2.04. The van der Waals surface area contributed by atoms with Gasteiger partial charge in [-0.25, -0.2) is 4.39 Å². The van der Waals surface area contributed by atoms with Crippen LogP contribution in [0.1, 0.15) is 18.1 Å². The van der Waals surface area contributed by atoms with Gasteiger partial charge >= 0.3 is 0 Å². The number of rotatable bonds is 4. The van der Waals surface area contributed by atoms with Gasteiger partial charge in [0.1, 0.15) is 5.82 Å². The van der Waals surface area contributed by atoms with Crippen molar-refractivity contribution < 1.29 is 4.39 Å². The van der Waals surface area contributed by atoms with Crippen LogP contribution in [0.2, 0.25) is 0 Å². The maximum Gasteiger partial charge on any atom is 0.126 e. The molecule has 0 aliphatic rings. The van der Waals surface area contributed by atoms with Crippen molar-refractivity contribution in [3.8, 4) is 0 Å². The highest BCUT2D eigenvalue weighted by atomic mass is 19.1. The lowest BCUT2D eigenvalue weighted by atomic mass is 10.0. The van der Waals surface area contributed by atoms with Gasteiger partial charge in [0, 0.05) is 0 Å². The third-order valence-corrected chi connectivity index (χ3v) is 2.40. The highest BCUT2D eigenvalue weighted by Gasteiger charge is 2.00. The van der Waals surface area contributed by atoms with Crippen LogP contribution in [-0.4, -0.2) is 0 Å². The Morgan fingerprint density at radius 3 is 2.75 bits per heavy atom. The van der Waals surface area contributed by atoms with Crippen molar-refractivity contribution >= 4 is 0 Å². The number of hydrogen-bond acceptors (Lipinski definition) is 0. The fraction of sp³-hybridized carbons (Fsp3) is 0.200. The molecular weight excluding hydrogens is 199 g/mol. The molecule has 0 saturated heterocycles. The highest BCUT2D eigenvalue weighted by Crippen LogP contribution is 2.13. The molecule has 0 heterocycles. The minimum absolute atomic E-state index is 0.152. The second-order valence-corrected chi connectivity index (χ2v) is 3.73. The summed E-state index contributed by atoms with van der Waals surface area (Å²) in [5, 5.41) is 0. The first kappa shape index (κ1) is 12.4. The van der Waals surface area contributed by atoms with Crippen LogP contribution in [0.3, 0.4) is 0 Å². The molecule has 0 fully saturated rings. The Morgan fingerprint density at radius 2 is 2.19 bits per heavy atom. The molecule has 0 unspecified atom stereocenters. The summed E-state index contributed by atoms with van der Waals surface area (Å²) in [6.45, 7) is 7.53. The minimum atomic E-state index is -0.152. The van der Waals surface area contributed by atoms with Gasteiger partial charge in [-0.3, -0.25) is 0 Å². The normalized spacial score (nSPS) is 12.1. The van der Waals surface area contributed by atoms with Gasteiger partial charge in [0.25, 0.3) is 0 Å². The Labute approximate surface area is 96.8 Å². The molecule has 0 N–H and O–H groups in total. The highest BCUT2D eigenvalue weighted by molar-refractivity contribution is 5.32. The Hall–Kier alpha value is -1.63. The fourth-order valence-electron chi connectivity index (χ4n) is 1.47. The van der Waals surface area contributed by atoms with Crippen LogP contribution in [0.4, 0.5) is 4.39 Å². The van der Waals surface area contributed by atoms with Crippen LogP contribution in [0.25, 0.3) is 0 Å². The van der Waals surface area contributed by atoms with Gasteiger partial charge in [-0.15, -0.1) is 0 Å². The lowest BCUT2D eigenvalue weighted by molar-refractivity contribution is 0.618. The number of aryl methyl sites for hydroxylation is 1. The molecular formula is C15H17F. The molecule has 0 atom stereocenters. The third-order valence-electron chi connectivity index (χ3n) is 2.40. The van der Waals surface area contributed by atoms with Crippen LogP contribution in [0, 0.1) is 12.7 Å². The number of hydrogen-bond donors (Lipinski definition) is 0. The van der Waals surface area contributed by atoms with Crippen molar-refractivity contribution in [3.05, 3.63) is 71.6 Å². The molecule has 0 nitrogen and oxygen atoms in total. The topological polar surface area (TPSA) is 0 Å². The molecule has 1 aromatic carbocycles. The molecule has 16 heavy (non-hydrogen) atoms. The van der Waals surface area contributed by atoms with E-state index in [0.29, 0.717) is 5.56 Å². The van der Waals surface area contributed by atoms with Crippen molar-refractivity contribution in [2.24, 2.45) is 0 Å². The average Bonchev–Trinajstić information content (AvgIpc) is 2.29. The van der Waals surface area contributed by atoms with Gasteiger partial charge in [-0.2, -0.15) is 0 Å². The van der Waals surface area contributed by atoms with Crippen LogP contribution < -0.4 is 0 Å². The monoisotopic (exact) mass is 216 g/mol.